The molecule has 1 heterocycles. The summed E-state index contributed by atoms with van der Waals surface area (Å²) < 4.78 is 42.8. The number of carbonyl (C=O) groups is 1. The van der Waals surface area contributed by atoms with Crippen LogP contribution in [0, 0.1) is 5.82 Å². The van der Waals surface area contributed by atoms with Crippen LogP contribution in [0.2, 0.25) is 0 Å². The lowest BCUT2D eigenvalue weighted by molar-refractivity contribution is -0.137. The summed E-state index contributed by atoms with van der Waals surface area (Å²) in [5.74, 6) is -0.0340. The van der Waals surface area contributed by atoms with Crippen molar-refractivity contribution in [1.29, 1.82) is 0 Å². The SMILES string of the molecule is O=C(COc1ccc(F)cc1Br)N(C1CCCC1)C1CCS(=O)(=O)C1. The zero-order chi connectivity index (χ0) is 18.0. The molecule has 25 heavy (non-hydrogen) atoms. The van der Waals surface area contributed by atoms with Gasteiger partial charge in [-0.2, -0.15) is 0 Å². The zero-order valence-corrected chi connectivity index (χ0v) is 16.2. The van der Waals surface area contributed by atoms with Crippen LogP contribution in [0.1, 0.15) is 32.1 Å². The average Bonchev–Trinajstić information content (AvgIpc) is 3.17. The van der Waals surface area contributed by atoms with Gasteiger partial charge in [-0.25, -0.2) is 12.8 Å². The molecule has 0 aromatic heterocycles. The van der Waals surface area contributed by atoms with Crippen LogP contribution in [-0.4, -0.2) is 49.4 Å². The molecule has 1 aliphatic heterocycles. The predicted octanol–water partition coefficient (Wildman–Crippen LogP) is 2.93. The second kappa shape index (κ2) is 7.61. The van der Waals surface area contributed by atoms with Crippen LogP contribution in [0.5, 0.6) is 5.75 Å². The third-order valence-corrected chi connectivity index (χ3v) is 7.22. The molecule has 1 atom stereocenters. The standard InChI is InChI=1S/C17H21BrFNO4S/c18-15-9-12(19)5-6-16(15)24-10-17(21)20(13-3-1-2-4-13)14-7-8-25(22,23)11-14/h5-6,9,13-14H,1-4,7-8,10-11H2. The second-order valence-corrected chi connectivity index (χ2v) is 9.74. The van der Waals surface area contributed by atoms with Crippen LogP contribution in [0.4, 0.5) is 4.39 Å². The van der Waals surface area contributed by atoms with Crippen LogP contribution in [0.15, 0.2) is 22.7 Å². The van der Waals surface area contributed by atoms with Crippen molar-refractivity contribution >= 4 is 31.7 Å². The Kier molecular flexibility index (Phi) is 5.68. The van der Waals surface area contributed by atoms with Gasteiger partial charge in [-0.3, -0.25) is 4.79 Å². The van der Waals surface area contributed by atoms with Crippen molar-refractivity contribution in [2.75, 3.05) is 18.1 Å². The van der Waals surface area contributed by atoms with Crippen LogP contribution >= 0.6 is 15.9 Å². The number of sulfone groups is 1. The fourth-order valence-electron chi connectivity index (χ4n) is 3.69. The number of hydrogen-bond acceptors (Lipinski definition) is 4. The van der Waals surface area contributed by atoms with Gasteiger partial charge in [0.05, 0.1) is 16.0 Å². The first kappa shape index (κ1) is 18.6. The van der Waals surface area contributed by atoms with E-state index >= 15 is 0 Å². The average molecular weight is 434 g/mol. The first-order chi connectivity index (χ1) is 11.9. The van der Waals surface area contributed by atoms with Crippen molar-refractivity contribution in [1.82, 2.24) is 4.90 Å². The van der Waals surface area contributed by atoms with Gasteiger partial charge in [0.15, 0.2) is 16.4 Å². The molecule has 138 valence electrons. The highest BCUT2D eigenvalue weighted by Gasteiger charge is 2.39. The fraction of sp³-hybridized carbons (Fsp3) is 0.588. The van der Waals surface area contributed by atoms with Gasteiger partial charge in [-0.1, -0.05) is 12.8 Å². The molecule has 3 rings (SSSR count). The van der Waals surface area contributed by atoms with E-state index in [4.69, 9.17) is 4.74 Å². The topological polar surface area (TPSA) is 63.7 Å². The minimum atomic E-state index is -3.07. The maximum Gasteiger partial charge on any atom is 0.261 e. The lowest BCUT2D eigenvalue weighted by Gasteiger charge is -2.34. The summed E-state index contributed by atoms with van der Waals surface area (Å²) in [4.78, 5) is 14.5. The summed E-state index contributed by atoms with van der Waals surface area (Å²) in [5, 5.41) is 0. The molecular weight excluding hydrogens is 413 g/mol. The van der Waals surface area contributed by atoms with Crippen molar-refractivity contribution in [2.24, 2.45) is 0 Å². The van der Waals surface area contributed by atoms with Gasteiger partial charge in [-0.05, 0) is 53.4 Å². The molecule has 2 aliphatic rings. The lowest BCUT2D eigenvalue weighted by atomic mass is 10.1. The zero-order valence-electron chi connectivity index (χ0n) is 13.8. The minimum Gasteiger partial charge on any atom is -0.483 e. The van der Waals surface area contributed by atoms with Crippen molar-refractivity contribution < 1.29 is 22.3 Å². The number of ether oxygens (including phenoxy) is 1. The van der Waals surface area contributed by atoms with E-state index in [1.54, 1.807) is 4.90 Å². The third-order valence-electron chi connectivity index (χ3n) is 4.85. The molecular formula is C17H21BrFNO4S. The first-order valence-corrected chi connectivity index (χ1v) is 11.1. The molecule has 1 amide bonds. The van der Waals surface area contributed by atoms with Gasteiger partial charge >= 0.3 is 0 Å². The molecule has 1 aromatic rings. The molecule has 0 radical (unpaired) electrons. The van der Waals surface area contributed by atoms with E-state index in [0.717, 1.165) is 25.7 Å². The van der Waals surface area contributed by atoms with Crippen LogP contribution in [0.25, 0.3) is 0 Å². The van der Waals surface area contributed by atoms with E-state index in [2.05, 4.69) is 15.9 Å². The van der Waals surface area contributed by atoms with E-state index in [-0.39, 0.29) is 36.1 Å². The summed E-state index contributed by atoms with van der Waals surface area (Å²) in [7, 11) is -3.07. The molecule has 0 spiro atoms. The highest BCUT2D eigenvalue weighted by atomic mass is 79.9. The summed E-state index contributed by atoms with van der Waals surface area (Å²) in [5.41, 5.74) is 0. The summed E-state index contributed by atoms with van der Waals surface area (Å²) >= 11 is 3.21. The Morgan fingerprint density at radius 3 is 2.56 bits per heavy atom. The van der Waals surface area contributed by atoms with Crippen molar-refractivity contribution in [3.05, 3.63) is 28.5 Å². The molecule has 0 bridgehead atoms. The number of rotatable bonds is 5. The molecule has 0 N–H and O–H groups in total. The summed E-state index contributed by atoms with van der Waals surface area (Å²) in [6, 6.07) is 3.83. The van der Waals surface area contributed by atoms with Gasteiger partial charge in [0.1, 0.15) is 11.6 Å². The molecule has 1 saturated heterocycles. The van der Waals surface area contributed by atoms with Gasteiger partial charge in [0, 0.05) is 12.1 Å². The number of amides is 1. The molecule has 2 fully saturated rings. The number of hydrogen-bond donors (Lipinski definition) is 0. The van der Waals surface area contributed by atoms with E-state index in [9.17, 15) is 17.6 Å². The Hall–Kier alpha value is -1.15. The molecule has 1 saturated carbocycles. The molecule has 1 aliphatic carbocycles. The maximum absolute atomic E-state index is 13.1. The number of halogens is 2. The Labute approximate surface area is 155 Å². The maximum atomic E-state index is 13.1. The number of benzene rings is 1. The second-order valence-electron chi connectivity index (χ2n) is 6.66. The lowest BCUT2D eigenvalue weighted by Crippen LogP contribution is -2.48. The van der Waals surface area contributed by atoms with Crippen LogP contribution in [-0.2, 0) is 14.6 Å². The third kappa shape index (κ3) is 4.53. The van der Waals surface area contributed by atoms with Gasteiger partial charge in [0.25, 0.3) is 5.91 Å². The predicted molar refractivity (Wildman–Crippen MR) is 95.8 cm³/mol. The molecule has 1 aromatic carbocycles. The van der Waals surface area contributed by atoms with Crippen molar-refractivity contribution in [2.45, 2.75) is 44.2 Å². The Bertz CT molecular complexity index is 749. The highest BCUT2D eigenvalue weighted by molar-refractivity contribution is 9.10. The normalized spacial score (nSPS) is 22.9. The van der Waals surface area contributed by atoms with Crippen molar-refractivity contribution in [3.8, 4) is 5.75 Å². The first-order valence-electron chi connectivity index (χ1n) is 8.45. The highest BCUT2D eigenvalue weighted by Crippen LogP contribution is 2.30. The van der Waals surface area contributed by atoms with Crippen LogP contribution < -0.4 is 4.74 Å². The van der Waals surface area contributed by atoms with E-state index in [1.807, 2.05) is 0 Å². The summed E-state index contributed by atoms with van der Waals surface area (Å²) in [6.45, 7) is -0.183. The van der Waals surface area contributed by atoms with Crippen molar-refractivity contribution in [3.63, 3.8) is 0 Å². The van der Waals surface area contributed by atoms with Gasteiger partial charge < -0.3 is 9.64 Å². The van der Waals surface area contributed by atoms with Gasteiger partial charge in [0.2, 0.25) is 0 Å². The number of nitrogens with zero attached hydrogens (tertiary/aromatic N) is 1. The largest absolute Gasteiger partial charge is 0.483 e. The molecule has 8 heteroatoms. The monoisotopic (exact) mass is 433 g/mol. The van der Waals surface area contributed by atoms with E-state index in [1.165, 1.54) is 18.2 Å². The minimum absolute atomic E-state index is 0.0372. The molecule has 1 unspecified atom stereocenters. The smallest absolute Gasteiger partial charge is 0.261 e. The Balaban J connectivity index is 1.70. The number of carbonyl (C=O) groups excluding carboxylic acids is 1. The van der Waals surface area contributed by atoms with E-state index < -0.39 is 15.7 Å². The van der Waals surface area contributed by atoms with E-state index in [0.29, 0.717) is 16.6 Å². The fourth-order valence-corrected chi connectivity index (χ4v) is 5.87. The quantitative estimate of drug-likeness (QED) is 0.715. The Morgan fingerprint density at radius 2 is 1.96 bits per heavy atom. The Morgan fingerprint density at radius 1 is 1.24 bits per heavy atom. The van der Waals surface area contributed by atoms with Crippen LogP contribution in [0.3, 0.4) is 0 Å². The van der Waals surface area contributed by atoms with Gasteiger partial charge in [-0.15, -0.1) is 0 Å². The molecule has 5 nitrogen and oxygen atoms in total. The summed E-state index contributed by atoms with van der Waals surface area (Å²) in [6.07, 6.45) is 4.41.